The van der Waals surface area contributed by atoms with Gasteiger partial charge < -0.3 is 25.3 Å². The van der Waals surface area contributed by atoms with Gasteiger partial charge >= 0.3 is 12.2 Å². The number of nitrogens with zero attached hydrogens (tertiary/aromatic N) is 2. The van der Waals surface area contributed by atoms with Crippen LogP contribution in [0.15, 0.2) is 83.5 Å². The molecule has 4 N–H and O–H groups in total. The number of fused-ring (bicyclic) bond motifs is 1. The SMILES string of the molecule is N#Cc1ccc(C2Nc3occc3C(=N)N2c2ccc(NC(=O)Nc3cc(C(F)(F)F)ccc3F)cc2)cc1. The largest absolute Gasteiger partial charge is 0.448 e. The minimum absolute atomic E-state index is 0.144. The molecule has 0 radical (unpaired) electrons. The fourth-order valence-corrected chi connectivity index (χ4v) is 4.09. The van der Waals surface area contributed by atoms with Crippen LogP contribution in [0, 0.1) is 22.6 Å². The third-order valence-corrected chi connectivity index (χ3v) is 5.99. The number of hydrogen-bond acceptors (Lipinski definition) is 5. The maximum atomic E-state index is 14.0. The number of furan rings is 1. The van der Waals surface area contributed by atoms with Gasteiger partial charge in [0.1, 0.15) is 17.8 Å². The maximum absolute atomic E-state index is 14.0. The molecular weight excluding hydrogens is 516 g/mol. The third-order valence-electron chi connectivity index (χ3n) is 5.99. The first-order valence-corrected chi connectivity index (χ1v) is 11.4. The third kappa shape index (κ3) is 5.10. The standard InChI is InChI=1S/C27H18F4N6O2/c28-21-10-5-17(27(29,30)31)13-22(21)35-26(38)34-18-6-8-19(9-7-18)37-23(33)20-11-12-39-25(20)36-24(37)16-3-1-15(14-32)2-4-16/h1-13,24,33,36H,(H2,34,35,38). The van der Waals surface area contributed by atoms with Crippen molar-refractivity contribution in [1.82, 2.24) is 0 Å². The predicted octanol–water partition coefficient (Wildman–Crippen LogP) is 6.91. The number of rotatable bonds is 4. The van der Waals surface area contributed by atoms with Gasteiger partial charge in [0.25, 0.3) is 0 Å². The Labute approximate surface area is 219 Å². The highest BCUT2D eigenvalue weighted by Crippen LogP contribution is 2.37. The average Bonchev–Trinajstić information content (AvgIpc) is 3.39. The Morgan fingerprint density at radius 3 is 2.41 bits per heavy atom. The molecule has 2 amide bonds. The predicted molar refractivity (Wildman–Crippen MR) is 136 cm³/mol. The van der Waals surface area contributed by atoms with Gasteiger partial charge in [0.05, 0.1) is 34.7 Å². The van der Waals surface area contributed by atoms with Gasteiger partial charge in [-0.25, -0.2) is 9.18 Å². The highest BCUT2D eigenvalue weighted by atomic mass is 19.4. The van der Waals surface area contributed by atoms with E-state index in [-0.39, 0.29) is 11.5 Å². The van der Waals surface area contributed by atoms with Gasteiger partial charge in [-0.15, -0.1) is 0 Å². The molecule has 0 aliphatic carbocycles. The Kier molecular flexibility index (Phi) is 6.41. The van der Waals surface area contributed by atoms with Crippen molar-refractivity contribution >= 4 is 34.8 Å². The van der Waals surface area contributed by atoms with E-state index in [1.54, 1.807) is 47.4 Å². The number of amides is 2. The molecule has 1 aromatic heterocycles. The number of urea groups is 1. The molecule has 0 fully saturated rings. The first-order chi connectivity index (χ1) is 18.6. The quantitative estimate of drug-likeness (QED) is 0.212. The topological polar surface area (TPSA) is 117 Å². The highest BCUT2D eigenvalue weighted by Gasteiger charge is 2.34. The summed E-state index contributed by atoms with van der Waals surface area (Å²) >= 11 is 0. The zero-order valence-electron chi connectivity index (χ0n) is 19.8. The number of anilines is 4. The van der Waals surface area contributed by atoms with Crippen LogP contribution < -0.4 is 20.9 Å². The van der Waals surface area contributed by atoms with Crippen molar-refractivity contribution < 1.29 is 26.8 Å². The van der Waals surface area contributed by atoms with Crippen LogP contribution in [-0.2, 0) is 6.18 Å². The molecule has 0 saturated heterocycles. The monoisotopic (exact) mass is 534 g/mol. The van der Waals surface area contributed by atoms with Gasteiger partial charge in [0.2, 0.25) is 5.88 Å². The summed E-state index contributed by atoms with van der Waals surface area (Å²) in [4.78, 5) is 14.1. The Bertz CT molecular complexity index is 1590. The van der Waals surface area contributed by atoms with Crippen molar-refractivity contribution in [1.29, 1.82) is 10.7 Å². The van der Waals surface area contributed by atoms with Crippen LogP contribution in [-0.4, -0.2) is 11.9 Å². The summed E-state index contributed by atoms with van der Waals surface area (Å²) in [6.45, 7) is 0. The molecule has 39 heavy (non-hydrogen) atoms. The van der Waals surface area contributed by atoms with E-state index >= 15 is 0 Å². The lowest BCUT2D eigenvalue weighted by atomic mass is 10.0. The number of alkyl halides is 3. The van der Waals surface area contributed by atoms with Crippen LogP contribution in [0.5, 0.6) is 0 Å². The van der Waals surface area contributed by atoms with Gasteiger partial charge in [-0.1, -0.05) is 12.1 Å². The second-order valence-corrected chi connectivity index (χ2v) is 8.48. The van der Waals surface area contributed by atoms with Crippen molar-refractivity contribution in [2.24, 2.45) is 0 Å². The van der Waals surface area contributed by atoms with Crippen LogP contribution in [0.25, 0.3) is 0 Å². The van der Waals surface area contributed by atoms with Gasteiger partial charge in [-0.3, -0.25) is 5.41 Å². The second-order valence-electron chi connectivity index (χ2n) is 8.48. The van der Waals surface area contributed by atoms with Crippen LogP contribution >= 0.6 is 0 Å². The van der Waals surface area contributed by atoms with Gasteiger partial charge in [-0.2, -0.15) is 18.4 Å². The van der Waals surface area contributed by atoms with Crippen LogP contribution in [0.2, 0.25) is 0 Å². The molecule has 4 aromatic rings. The van der Waals surface area contributed by atoms with E-state index < -0.39 is 35.4 Å². The molecule has 5 rings (SSSR count). The molecule has 0 spiro atoms. The lowest BCUT2D eigenvalue weighted by molar-refractivity contribution is -0.137. The summed E-state index contributed by atoms with van der Waals surface area (Å²) in [7, 11) is 0. The Morgan fingerprint density at radius 2 is 1.74 bits per heavy atom. The normalized spacial score (nSPS) is 14.7. The summed E-state index contributed by atoms with van der Waals surface area (Å²) < 4.78 is 58.3. The molecule has 12 heteroatoms. The molecule has 3 aromatic carbocycles. The number of carbonyl (C=O) groups is 1. The number of benzene rings is 3. The number of hydrogen-bond donors (Lipinski definition) is 4. The first-order valence-electron chi connectivity index (χ1n) is 11.4. The Balaban J connectivity index is 1.36. The molecule has 0 bridgehead atoms. The second kappa shape index (κ2) is 9.86. The van der Waals surface area contributed by atoms with Crippen LogP contribution in [0.4, 0.5) is 45.3 Å². The van der Waals surface area contributed by atoms with Gasteiger partial charge in [-0.05, 0) is 66.2 Å². The van der Waals surface area contributed by atoms with E-state index in [1.165, 1.54) is 18.4 Å². The van der Waals surface area contributed by atoms with Gasteiger partial charge in [0, 0.05) is 11.4 Å². The Hall–Kier alpha value is -5.31. The number of nitriles is 1. The van der Waals surface area contributed by atoms with Crippen molar-refractivity contribution in [2.45, 2.75) is 12.3 Å². The molecular formula is C27H18F4N6O2. The molecule has 1 atom stereocenters. The van der Waals surface area contributed by atoms with E-state index in [1.807, 2.05) is 0 Å². The van der Waals surface area contributed by atoms with Crippen LogP contribution in [0.1, 0.15) is 28.4 Å². The summed E-state index contributed by atoms with van der Waals surface area (Å²) in [6.07, 6.45) is -3.79. The summed E-state index contributed by atoms with van der Waals surface area (Å²) in [5, 5.41) is 25.7. The molecule has 196 valence electrons. The van der Waals surface area contributed by atoms with Crippen molar-refractivity contribution in [3.8, 4) is 6.07 Å². The minimum Gasteiger partial charge on any atom is -0.448 e. The van der Waals surface area contributed by atoms with E-state index in [0.717, 1.165) is 5.56 Å². The smallest absolute Gasteiger partial charge is 0.416 e. The van der Waals surface area contributed by atoms with E-state index in [9.17, 15) is 22.4 Å². The summed E-state index contributed by atoms with van der Waals surface area (Å²) in [5.41, 5.74) is 0.901. The lowest BCUT2D eigenvalue weighted by Crippen LogP contribution is -2.42. The highest BCUT2D eigenvalue weighted by molar-refractivity contribution is 6.13. The summed E-state index contributed by atoms with van der Waals surface area (Å²) in [5.74, 6) is -0.454. The lowest BCUT2D eigenvalue weighted by Gasteiger charge is -2.38. The van der Waals surface area contributed by atoms with E-state index in [2.05, 4.69) is 22.0 Å². The first kappa shape index (κ1) is 25.3. The maximum Gasteiger partial charge on any atom is 0.416 e. The molecule has 8 nitrogen and oxygen atoms in total. The number of carbonyl (C=O) groups excluding carboxylic acids is 1. The van der Waals surface area contributed by atoms with E-state index in [4.69, 9.17) is 15.1 Å². The fourth-order valence-electron chi connectivity index (χ4n) is 4.09. The van der Waals surface area contributed by atoms with E-state index in [0.29, 0.717) is 40.9 Å². The minimum atomic E-state index is -4.69. The number of nitrogens with one attached hydrogen (secondary N) is 4. The van der Waals surface area contributed by atoms with Crippen LogP contribution in [0.3, 0.4) is 0 Å². The van der Waals surface area contributed by atoms with Crippen molar-refractivity contribution in [3.63, 3.8) is 0 Å². The number of halogens is 4. The molecule has 2 heterocycles. The van der Waals surface area contributed by atoms with Crippen molar-refractivity contribution in [3.05, 3.63) is 107 Å². The van der Waals surface area contributed by atoms with Crippen molar-refractivity contribution in [2.75, 3.05) is 20.9 Å². The fraction of sp³-hybridized carbons (Fsp3) is 0.0741. The Morgan fingerprint density at radius 1 is 1.03 bits per heavy atom. The molecule has 1 unspecified atom stereocenters. The van der Waals surface area contributed by atoms with Gasteiger partial charge in [0.15, 0.2) is 0 Å². The zero-order chi connectivity index (χ0) is 27.7. The number of amidine groups is 1. The molecule has 1 aliphatic rings. The summed E-state index contributed by atoms with van der Waals surface area (Å²) in [6, 6.07) is 17.7. The molecule has 1 aliphatic heterocycles. The average molecular weight is 534 g/mol. The molecule has 0 saturated carbocycles. The zero-order valence-corrected chi connectivity index (χ0v) is 19.8.